The Kier molecular flexibility index (Phi) is 5.15. The topological polar surface area (TPSA) is 69.7 Å². The molecule has 1 aromatic carbocycles. The van der Waals surface area contributed by atoms with E-state index in [0.29, 0.717) is 12.8 Å². The fraction of sp³-hybridized carbons (Fsp3) is 0.500. The average molecular weight is 329 g/mol. The lowest BCUT2D eigenvalue weighted by atomic mass is 9.97. The van der Waals surface area contributed by atoms with Crippen molar-refractivity contribution in [2.75, 3.05) is 32.5 Å². The number of hydrogen-bond donors (Lipinski definition) is 1. The number of para-hydroxylation sites is 1. The predicted octanol–water partition coefficient (Wildman–Crippen LogP) is 1.28. The van der Waals surface area contributed by atoms with Gasteiger partial charge in [-0.3, -0.25) is 4.79 Å². The van der Waals surface area contributed by atoms with Crippen LogP contribution < -0.4 is 5.32 Å². The third-order valence-electron chi connectivity index (χ3n) is 3.74. The molecule has 1 heterocycles. The number of halogens is 1. The smallest absolute Gasteiger partial charge is 0.281 e. The van der Waals surface area contributed by atoms with Crippen molar-refractivity contribution in [3.05, 3.63) is 30.1 Å². The fourth-order valence-corrected chi connectivity index (χ4v) is 3.51. The molecule has 22 heavy (non-hydrogen) atoms. The Labute approximate surface area is 130 Å². The number of nitrogens with one attached hydrogen (secondary N) is 1. The van der Waals surface area contributed by atoms with Crippen molar-refractivity contribution in [1.29, 1.82) is 0 Å². The number of piperidine rings is 1. The van der Waals surface area contributed by atoms with Crippen LogP contribution in [0.5, 0.6) is 0 Å². The molecule has 1 aromatic rings. The van der Waals surface area contributed by atoms with Gasteiger partial charge in [0.2, 0.25) is 5.91 Å². The number of nitrogens with zero attached hydrogens (tertiary/aromatic N) is 2. The van der Waals surface area contributed by atoms with Gasteiger partial charge in [0.15, 0.2) is 0 Å². The Bertz CT molecular complexity index is 640. The fourth-order valence-electron chi connectivity index (χ4n) is 2.38. The van der Waals surface area contributed by atoms with Gasteiger partial charge >= 0.3 is 0 Å². The molecule has 0 aromatic heterocycles. The Morgan fingerprint density at radius 2 is 1.86 bits per heavy atom. The SMILES string of the molecule is CN(C)S(=O)(=O)N1CCC(C(=O)Nc2ccccc2F)CC1. The summed E-state index contributed by atoms with van der Waals surface area (Å²) >= 11 is 0. The van der Waals surface area contributed by atoms with Gasteiger partial charge in [0.1, 0.15) is 5.82 Å². The molecule has 0 atom stereocenters. The molecule has 1 fully saturated rings. The maximum absolute atomic E-state index is 13.5. The van der Waals surface area contributed by atoms with Crippen molar-refractivity contribution in [2.24, 2.45) is 5.92 Å². The van der Waals surface area contributed by atoms with E-state index in [1.54, 1.807) is 12.1 Å². The van der Waals surface area contributed by atoms with Gasteiger partial charge in [-0.15, -0.1) is 0 Å². The Morgan fingerprint density at radius 3 is 2.41 bits per heavy atom. The second-order valence-corrected chi connectivity index (χ2v) is 7.57. The van der Waals surface area contributed by atoms with Gasteiger partial charge < -0.3 is 5.32 Å². The molecular weight excluding hydrogens is 309 g/mol. The van der Waals surface area contributed by atoms with E-state index in [0.717, 1.165) is 4.31 Å². The van der Waals surface area contributed by atoms with Crippen molar-refractivity contribution < 1.29 is 17.6 Å². The summed E-state index contributed by atoms with van der Waals surface area (Å²) in [7, 11) is -0.483. The van der Waals surface area contributed by atoms with Crippen LogP contribution in [0.4, 0.5) is 10.1 Å². The summed E-state index contributed by atoms with van der Waals surface area (Å²) in [4.78, 5) is 12.2. The standard InChI is InChI=1S/C14H20FN3O3S/c1-17(2)22(20,21)18-9-7-11(8-10-18)14(19)16-13-6-4-3-5-12(13)15/h3-6,11H,7-10H2,1-2H3,(H,16,19). The first-order valence-electron chi connectivity index (χ1n) is 7.05. The summed E-state index contributed by atoms with van der Waals surface area (Å²) in [6, 6.07) is 5.97. The van der Waals surface area contributed by atoms with E-state index >= 15 is 0 Å². The number of hydrogen-bond acceptors (Lipinski definition) is 3. The molecular formula is C14H20FN3O3S. The third-order valence-corrected chi connectivity index (χ3v) is 5.68. The van der Waals surface area contributed by atoms with Crippen molar-refractivity contribution in [3.63, 3.8) is 0 Å². The molecule has 2 rings (SSSR count). The van der Waals surface area contributed by atoms with Crippen LogP contribution in [0.2, 0.25) is 0 Å². The van der Waals surface area contributed by atoms with Gasteiger partial charge in [0.05, 0.1) is 5.69 Å². The molecule has 1 N–H and O–H groups in total. The molecule has 0 spiro atoms. The summed E-state index contributed by atoms with van der Waals surface area (Å²) in [6.07, 6.45) is 0.848. The van der Waals surface area contributed by atoms with E-state index < -0.39 is 16.0 Å². The van der Waals surface area contributed by atoms with Gasteiger partial charge in [-0.25, -0.2) is 4.39 Å². The predicted molar refractivity (Wildman–Crippen MR) is 81.9 cm³/mol. The quantitative estimate of drug-likeness (QED) is 0.905. The minimum Gasteiger partial charge on any atom is -0.323 e. The van der Waals surface area contributed by atoms with Crippen molar-refractivity contribution in [3.8, 4) is 0 Å². The molecule has 1 aliphatic rings. The third kappa shape index (κ3) is 3.63. The lowest BCUT2D eigenvalue weighted by Gasteiger charge is -2.32. The highest BCUT2D eigenvalue weighted by molar-refractivity contribution is 7.86. The molecule has 8 heteroatoms. The number of rotatable bonds is 4. The highest BCUT2D eigenvalue weighted by Gasteiger charge is 2.32. The molecule has 1 aliphatic heterocycles. The summed E-state index contributed by atoms with van der Waals surface area (Å²) in [5, 5.41) is 2.56. The molecule has 122 valence electrons. The minimum atomic E-state index is -3.44. The van der Waals surface area contributed by atoms with Crippen LogP contribution in [0.1, 0.15) is 12.8 Å². The Balaban J connectivity index is 1.95. The van der Waals surface area contributed by atoms with Crippen molar-refractivity contribution in [2.45, 2.75) is 12.8 Å². The zero-order chi connectivity index (χ0) is 16.3. The Morgan fingerprint density at radius 1 is 1.27 bits per heavy atom. The maximum atomic E-state index is 13.5. The first-order valence-corrected chi connectivity index (χ1v) is 8.45. The molecule has 0 bridgehead atoms. The summed E-state index contributed by atoms with van der Waals surface area (Å²) < 4.78 is 40.0. The maximum Gasteiger partial charge on any atom is 0.281 e. The van der Waals surface area contributed by atoms with Crippen LogP contribution in [0.15, 0.2) is 24.3 Å². The van der Waals surface area contributed by atoms with Gasteiger partial charge in [0.25, 0.3) is 10.2 Å². The second kappa shape index (κ2) is 6.72. The molecule has 6 nitrogen and oxygen atoms in total. The van der Waals surface area contributed by atoms with Crippen molar-refractivity contribution >= 4 is 21.8 Å². The first kappa shape index (κ1) is 16.9. The van der Waals surface area contributed by atoms with Crippen molar-refractivity contribution in [1.82, 2.24) is 8.61 Å². The Hall–Kier alpha value is -1.51. The number of carbonyl (C=O) groups excluding carboxylic acids is 1. The van der Waals surface area contributed by atoms with Crippen LogP contribution in [0, 0.1) is 11.7 Å². The molecule has 1 amide bonds. The summed E-state index contributed by atoms with van der Waals surface area (Å²) in [5.74, 6) is -1.07. The average Bonchev–Trinajstić information content (AvgIpc) is 2.49. The van der Waals surface area contributed by atoms with E-state index in [4.69, 9.17) is 0 Å². The van der Waals surface area contributed by atoms with E-state index in [-0.39, 0.29) is 30.6 Å². The van der Waals surface area contributed by atoms with Gasteiger partial charge in [0, 0.05) is 33.1 Å². The molecule has 0 radical (unpaired) electrons. The molecule has 1 saturated heterocycles. The highest BCUT2D eigenvalue weighted by Crippen LogP contribution is 2.22. The largest absolute Gasteiger partial charge is 0.323 e. The summed E-state index contributed by atoms with van der Waals surface area (Å²) in [5.41, 5.74) is 0.149. The van der Waals surface area contributed by atoms with E-state index in [2.05, 4.69) is 5.32 Å². The van der Waals surface area contributed by atoms with Crippen LogP contribution >= 0.6 is 0 Å². The molecule has 0 unspecified atom stereocenters. The number of carbonyl (C=O) groups is 1. The highest BCUT2D eigenvalue weighted by atomic mass is 32.2. The zero-order valence-electron chi connectivity index (χ0n) is 12.6. The van der Waals surface area contributed by atoms with Crippen LogP contribution in [-0.2, 0) is 15.0 Å². The lowest BCUT2D eigenvalue weighted by Crippen LogP contribution is -2.46. The van der Waals surface area contributed by atoms with Gasteiger partial charge in [-0.05, 0) is 25.0 Å². The van der Waals surface area contributed by atoms with Crippen LogP contribution in [0.25, 0.3) is 0 Å². The number of anilines is 1. The zero-order valence-corrected chi connectivity index (χ0v) is 13.4. The van der Waals surface area contributed by atoms with Crippen LogP contribution in [0.3, 0.4) is 0 Å². The number of benzene rings is 1. The first-order chi connectivity index (χ1) is 10.3. The summed E-state index contributed by atoms with van der Waals surface area (Å²) in [6.45, 7) is 0.575. The monoisotopic (exact) mass is 329 g/mol. The number of amides is 1. The van der Waals surface area contributed by atoms with Gasteiger partial charge in [-0.2, -0.15) is 17.0 Å². The molecule has 0 aliphatic carbocycles. The second-order valence-electron chi connectivity index (χ2n) is 5.43. The normalized spacial score (nSPS) is 17.6. The van der Waals surface area contributed by atoms with E-state index in [9.17, 15) is 17.6 Å². The lowest BCUT2D eigenvalue weighted by molar-refractivity contribution is -0.120. The van der Waals surface area contributed by atoms with E-state index in [1.807, 2.05) is 0 Å². The minimum absolute atomic E-state index is 0.149. The van der Waals surface area contributed by atoms with Crippen LogP contribution in [-0.4, -0.2) is 50.1 Å². The molecule has 0 saturated carbocycles. The van der Waals surface area contributed by atoms with Gasteiger partial charge in [-0.1, -0.05) is 12.1 Å². The van der Waals surface area contributed by atoms with E-state index in [1.165, 1.54) is 30.5 Å².